The Morgan fingerprint density at radius 3 is 2.96 bits per heavy atom. The molecule has 3 aromatic heterocycles. The highest BCUT2D eigenvalue weighted by Gasteiger charge is 2.12. The van der Waals surface area contributed by atoms with E-state index in [9.17, 15) is 9.59 Å². The van der Waals surface area contributed by atoms with Crippen molar-refractivity contribution >= 4 is 17.2 Å². The van der Waals surface area contributed by atoms with Crippen molar-refractivity contribution in [3.8, 4) is 10.8 Å². The zero-order valence-corrected chi connectivity index (χ0v) is 13.0. The monoisotopic (exact) mass is 331 g/mol. The molecule has 0 aliphatic rings. The predicted molar refractivity (Wildman–Crippen MR) is 83.2 cm³/mol. The molecule has 1 amide bonds. The van der Waals surface area contributed by atoms with E-state index in [1.54, 1.807) is 6.92 Å². The average molecular weight is 331 g/mol. The highest BCUT2D eigenvalue weighted by Crippen LogP contribution is 2.20. The molecule has 0 aliphatic carbocycles. The molecule has 0 bridgehead atoms. The summed E-state index contributed by atoms with van der Waals surface area (Å²) in [7, 11) is 0. The highest BCUT2D eigenvalue weighted by atomic mass is 32.1. The molecule has 0 saturated carbocycles. The number of hydrogen-bond donors (Lipinski definition) is 1. The molecule has 118 valence electrons. The van der Waals surface area contributed by atoms with Crippen LogP contribution >= 0.6 is 11.3 Å². The van der Waals surface area contributed by atoms with Gasteiger partial charge in [0.2, 0.25) is 0 Å². The second kappa shape index (κ2) is 6.53. The SMILES string of the molecule is Cc1cnc(C(=O)NCCn2nc(-c3cccs3)oc2=O)cn1. The lowest BCUT2D eigenvalue weighted by Gasteiger charge is -2.03. The third-order valence-corrected chi connectivity index (χ3v) is 3.82. The van der Waals surface area contributed by atoms with Crippen molar-refractivity contribution in [3.05, 3.63) is 51.8 Å². The zero-order valence-electron chi connectivity index (χ0n) is 12.2. The second-order valence-electron chi connectivity index (χ2n) is 4.67. The number of hydrogen-bond acceptors (Lipinski definition) is 7. The fourth-order valence-electron chi connectivity index (χ4n) is 1.82. The van der Waals surface area contributed by atoms with Crippen molar-refractivity contribution < 1.29 is 9.21 Å². The van der Waals surface area contributed by atoms with Crippen LogP contribution in [0.3, 0.4) is 0 Å². The molecule has 1 N–H and O–H groups in total. The molecule has 0 saturated heterocycles. The van der Waals surface area contributed by atoms with Gasteiger partial charge in [-0.2, -0.15) is 4.68 Å². The van der Waals surface area contributed by atoms with Gasteiger partial charge in [-0.25, -0.2) is 9.78 Å². The van der Waals surface area contributed by atoms with E-state index in [0.29, 0.717) is 0 Å². The predicted octanol–water partition coefficient (Wildman–Crippen LogP) is 1.09. The van der Waals surface area contributed by atoms with Crippen LogP contribution in [0.5, 0.6) is 0 Å². The number of carbonyl (C=O) groups is 1. The van der Waals surface area contributed by atoms with Crippen molar-refractivity contribution in [1.29, 1.82) is 0 Å². The Bertz CT molecular complexity index is 851. The van der Waals surface area contributed by atoms with E-state index in [1.807, 2.05) is 17.5 Å². The van der Waals surface area contributed by atoms with Crippen LogP contribution in [0.1, 0.15) is 16.2 Å². The number of nitrogens with one attached hydrogen (secondary N) is 1. The van der Waals surface area contributed by atoms with Gasteiger partial charge in [-0.15, -0.1) is 16.4 Å². The van der Waals surface area contributed by atoms with Gasteiger partial charge < -0.3 is 9.73 Å². The molecule has 3 rings (SSSR count). The normalized spacial score (nSPS) is 10.7. The molecule has 0 aromatic carbocycles. The summed E-state index contributed by atoms with van der Waals surface area (Å²) < 4.78 is 6.26. The number of rotatable bonds is 5. The summed E-state index contributed by atoms with van der Waals surface area (Å²) in [6.07, 6.45) is 2.92. The fraction of sp³-hybridized carbons (Fsp3) is 0.214. The molecule has 8 nitrogen and oxygen atoms in total. The molecule has 3 aromatic rings. The summed E-state index contributed by atoms with van der Waals surface area (Å²) in [4.78, 5) is 32.4. The van der Waals surface area contributed by atoms with E-state index in [1.165, 1.54) is 28.4 Å². The Balaban J connectivity index is 1.60. The Kier molecular flexibility index (Phi) is 4.29. The van der Waals surface area contributed by atoms with Crippen molar-refractivity contribution in [1.82, 2.24) is 25.1 Å². The molecule has 0 fully saturated rings. The van der Waals surface area contributed by atoms with Gasteiger partial charge in [0.05, 0.1) is 23.3 Å². The summed E-state index contributed by atoms with van der Waals surface area (Å²) >= 11 is 1.43. The molecule has 0 aliphatic heterocycles. The molecule has 9 heteroatoms. The summed E-state index contributed by atoms with van der Waals surface area (Å²) in [6.45, 7) is 2.22. The van der Waals surface area contributed by atoms with E-state index in [4.69, 9.17) is 4.42 Å². The van der Waals surface area contributed by atoms with Crippen LogP contribution in [0.25, 0.3) is 10.8 Å². The summed E-state index contributed by atoms with van der Waals surface area (Å²) in [5.74, 6) is -0.633. The van der Waals surface area contributed by atoms with Crippen LogP contribution in [0.4, 0.5) is 0 Å². The summed E-state index contributed by atoms with van der Waals surface area (Å²) in [5.41, 5.74) is 0.958. The number of aromatic nitrogens is 4. The first-order chi connectivity index (χ1) is 11.1. The fourth-order valence-corrected chi connectivity index (χ4v) is 2.47. The first kappa shape index (κ1) is 15.1. The molecule has 0 spiro atoms. The maximum absolute atomic E-state index is 11.9. The molecule has 0 atom stereocenters. The third kappa shape index (κ3) is 3.51. The number of amides is 1. The largest absolute Gasteiger partial charge is 0.437 e. The van der Waals surface area contributed by atoms with Crippen LogP contribution in [0.2, 0.25) is 0 Å². The maximum Gasteiger partial charge on any atom is 0.437 e. The Labute approximate surface area is 134 Å². The smallest absolute Gasteiger partial charge is 0.387 e. The summed E-state index contributed by atoms with van der Waals surface area (Å²) in [5, 5.41) is 8.63. The molecular formula is C14H13N5O3S. The number of carbonyl (C=O) groups excluding carboxylic acids is 1. The average Bonchev–Trinajstić information content (AvgIpc) is 3.18. The minimum absolute atomic E-state index is 0.207. The van der Waals surface area contributed by atoms with E-state index < -0.39 is 5.76 Å². The minimum atomic E-state index is -0.558. The number of aryl methyl sites for hydroxylation is 1. The van der Waals surface area contributed by atoms with Crippen LogP contribution in [-0.2, 0) is 6.54 Å². The molecule has 23 heavy (non-hydrogen) atoms. The first-order valence-corrected chi connectivity index (χ1v) is 7.70. The number of nitrogens with zero attached hydrogens (tertiary/aromatic N) is 4. The Morgan fingerprint density at radius 2 is 2.26 bits per heavy atom. The number of thiophene rings is 1. The van der Waals surface area contributed by atoms with Gasteiger partial charge in [0.15, 0.2) is 0 Å². The van der Waals surface area contributed by atoms with Crippen molar-refractivity contribution in [3.63, 3.8) is 0 Å². The van der Waals surface area contributed by atoms with Gasteiger partial charge >= 0.3 is 5.76 Å². The van der Waals surface area contributed by atoms with Crippen LogP contribution < -0.4 is 11.1 Å². The van der Waals surface area contributed by atoms with E-state index in [2.05, 4.69) is 20.4 Å². The van der Waals surface area contributed by atoms with Crippen molar-refractivity contribution in [2.24, 2.45) is 0 Å². The van der Waals surface area contributed by atoms with Gasteiger partial charge in [-0.1, -0.05) is 6.07 Å². The lowest BCUT2D eigenvalue weighted by atomic mass is 10.4. The zero-order chi connectivity index (χ0) is 16.2. The van der Waals surface area contributed by atoms with Crippen LogP contribution in [0, 0.1) is 6.92 Å². The van der Waals surface area contributed by atoms with Gasteiger partial charge in [-0.05, 0) is 18.4 Å². The Morgan fingerprint density at radius 1 is 1.39 bits per heavy atom. The van der Waals surface area contributed by atoms with Gasteiger partial charge in [0.1, 0.15) is 5.69 Å². The standard InChI is InChI=1S/C14H13N5O3S/c1-9-7-17-10(8-16-9)12(20)15-4-5-19-14(21)22-13(18-19)11-3-2-6-23-11/h2-3,6-8H,4-5H2,1H3,(H,15,20). The third-order valence-electron chi connectivity index (χ3n) is 2.96. The van der Waals surface area contributed by atoms with Crippen LogP contribution in [0.15, 0.2) is 39.1 Å². The van der Waals surface area contributed by atoms with Gasteiger partial charge in [-0.3, -0.25) is 9.78 Å². The molecule has 3 heterocycles. The van der Waals surface area contributed by atoms with E-state index in [0.717, 1.165) is 10.6 Å². The minimum Gasteiger partial charge on any atom is -0.387 e. The summed E-state index contributed by atoms with van der Waals surface area (Å²) in [6, 6.07) is 3.67. The van der Waals surface area contributed by atoms with Gasteiger partial charge in [0.25, 0.3) is 11.8 Å². The molecular weight excluding hydrogens is 318 g/mol. The van der Waals surface area contributed by atoms with Crippen molar-refractivity contribution in [2.75, 3.05) is 6.54 Å². The van der Waals surface area contributed by atoms with E-state index in [-0.39, 0.29) is 30.6 Å². The Hall–Kier alpha value is -2.81. The lowest BCUT2D eigenvalue weighted by molar-refractivity contribution is 0.0946. The van der Waals surface area contributed by atoms with E-state index >= 15 is 0 Å². The second-order valence-corrected chi connectivity index (χ2v) is 5.62. The topological polar surface area (TPSA) is 103 Å². The molecule has 0 unspecified atom stereocenters. The van der Waals surface area contributed by atoms with Crippen molar-refractivity contribution in [2.45, 2.75) is 13.5 Å². The molecule has 0 radical (unpaired) electrons. The van der Waals surface area contributed by atoms with Crippen LogP contribution in [-0.4, -0.2) is 32.2 Å². The lowest BCUT2D eigenvalue weighted by Crippen LogP contribution is -2.30. The van der Waals surface area contributed by atoms with Gasteiger partial charge in [0, 0.05) is 12.7 Å². The highest BCUT2D eigenvalue weighted by molar-refractivity contribution is 7.13. The first-order valence-electron chi connectivity index (χ1n) is 6.82. The quantitative estimate of drug-likeness (QED) is 0.751. The maximum atomic E-state index is 11.9.